The van der Waals surface area contributed by atoms with E-state index in [0.717, 1.165) is 25.9 Å². The van der Waals surface area contributed by atoms with E-state index < -0.39 is 0 Å². The molecular weight excluding hydrogens is 206 g/mol. The van der Waals surface area contributed by atoms with Crippen LogP contribution in [0.4, 0.5) is 0 Å². The SMILES string of the molecule is COC(C)(C)CC(=O)N1CCC(CO)CC1. The van der Waals surface area contributed by atoms with Gasteiger partial charge in [-0.25, -0.2) is 0 Å². The van der Waals surface area contributed by atoms with Crippen LogP contribution < -0.4 is 0 Å². The highest BCUT2D eigenvalue weighted by Gasteiger charge is 2.27. The molecule has 1 aliphatic heterocycles. The van der Waals surface area contributed by atoms with Gasteiger partial charge in [-0.15, -0.1) is 0 Å². The molecule has 1 aliphatic rings. The van der Waals surface area contributed by atoms with Crippen molar-refractivity contribution in [2.75, 3.05) is 26.8 Å². The molecule has 1 heterocycles. The number of amides is 1. The first kappa shape index (κ1) is 13.5. The summed E-state index contributed by atoms with van der Waals surface area (Å²) in [5.74, 6) is 0.530. The molecule has 1 fully saturated rings. The van der Waals surface area contributed by atoms with Crippen LogP contribution in [0.1, 0.15) is 33.1 Å². The van der Waals surface area contributed by atoms with Gasteiger partial charge in [-0.2, -0.15) is 0 Å². The van der Waals surface area contributed by atoms with E-state index in [1.54, 1.807) is 7.11 Å². The van der Waals surface area contributed by atoms with E-state index in [2.05, 4.69) is 0 Å². The third-order valence-electron chi connectivity index (χ3n) is 3.35. The lowest BCUT2D eigenvalue weighted by molar-refractivity contribution is -0.138. The third-order valence-corrected chi connectivity index (χ3v) is 3.35. The smallest absolute Gasteiger partial charge is 0.225 e. The normalized spacial score (nSPS) is 18.9. The minimum Gasteiger partial charge on any atom is -0.396 e. The Morgan fingerprint density at radius 2 is 2.00 bits per heavy atom. The van der Waals surface area contributed by atoms with Gasteiger partial charge in [-0.1, -0.05) is 0 Å². The molecule has 0 aromatic rings. The third kappa shape index (κ3) is 3.76. The summed E-state index contributed by atoms with van der Waals surface area (Å²) in [5, 5.41) is 9.02. The van der Waals surface area contributed by atoms with Crippen LogP contribution in [0, 0.1) is 5.92 Å². The maximum atomic E-state index is 12.0. The van der Waals surface area contributed by atoms with Crippen molar-refractivity contribution >= 4 is 5.91 Å². The molecule has 0 aromatic carbocycles. The van der Waals surface area contributed by atoms with Crippen molar-refractivity contribution in [1.29, 1.82) is 0 Å². The fraction of sp³-hybridized carbons (Fsp3) is 0.917. The first-order valence-corrected chi connectivity index (χ1v) is 5.92. The predicted molar refractivity (Wildman–Crippen MR) is 62.1 cm³/mol. The molecule has 4 nitrogen and oxygen atoms in total. The molecule has 16 heavy (non-hydrogen) atoms. The van der Waals surface area contributed by atoms with E-state index in [1.807, 2.05) is 18.7 Å². The van der Waals surface area contributed by atoms with Crippen molar-refractivity contribution in [3.63, 3.8) is 0 Å². The van der Waals surface area contributed by atoms with Crippen molar-refractivity contribution in [2.24, 2.45) is 5.92 Å². The number of carbonyl (C=O) groups excluding carboxylic acids is 1. The van der Waals surface area contributed by atoms with E-state index in [9.17, 15) is 4.79 Å². The molecule has 0 spiro atoms. The topological polar surface area (TPSA) is 49.8 Å². The van der Waals surface area contributed by atoms with Gasteiger partial charge < -0.3 is 14.7 Å². The van der Waals surface area contributed by atoms with E-state index in [1.165, 1.54) is 0 Å². The molecule has 1 amide bonds. The molecule has 4 heteroatoms. The molecule has 0 aromatic heterocycles. The van der Waals surface area contributed by atoms with E-state index in [-0.39, 0.29) is 18.1 Å². The van der Waals surface area contributed by atoms with Gasteiger partial charge in [0.15, 0.2) is 0 Å². The summed E-state index contributed by atoms with van der Waals surface area (Å²) < 4.78 is 5.25. The lowest BCUT2D eigenvalue weighted by Gasteiger charge is -2.33. The number of methoxy groups -OCH3 is 1. The molecule has 0 unspecified atom stereocenters. The number of piperidine rings is 1. The maximum Gasteiger partial charge on any atom is 0.225 e. The minimum absolute atomic E-state index is 0.156. The summed E-state index contributed by atoms with van der Waals surface area (Å²) in [7, 11) is 1.63. The zero-order chi connectivity index (χ0) is 12.2. The molecule has 0 bridgehead atoms. The van der Waals surface area contributed by atoms with Crippen LogP contribution in [0.2, 0.25) is 0 Å². The Morgan fingerprint density at radius 3 is 2.44 bits per heavy atom. The van der Waals surface area contributed by atoms with Crippen molar-refractivity contribution in [3.05, 3.63) is 0 Å². The van der Waals surface area contributed by atoms with E-state index >= 15 is 0 Å². The molecule has 1 rings (SSSR count). The number of ether oxygens (including phenoxy) is 1. The quantitative estimate of drug-likeness (QED) is 0.783. The van der Waals surface area contributed by atoms with Crippen LogP contribution >= 0.6 is 0 Å². The van der Waals surface area contributed by atoms with Crippen molar-refractivity contribution < 1.29 is 14.6 Å². The van der Waals surface area contributed by atoms with Gasteiger partial charge in [0.1, 0.15) is 0 Å². The fourth-order valence-corrected chi connectivity index (χ4v) is 1.91. The monoisotopic (exact) mass is 229 g/mol. The number of rotatable bonds is 4. The van der Waals surface area contributed by atoms with Crippen molar-refractivity contribution in [1.82, 2.24) is 4.90 Å². The van der Waals surface area contributed by atoms with Gasteiger partial charge in [-0.3, -0.25) is 4.79 Å². The molecule has 0 atom stereocenters. The number of aliphatic hydroxyl groups excluding tert-OH is 1. The molecule has 0 radical (unpaired) electrons. The summed E-state index contributed by atoms with van der Waals surface area (Å²) >= 11 is 0. The summed E-state index contributed by atoms with van der Waals surface area (Å²) in [6, 6.07) is 0. The number of hydrogen-bond acceptors (Lipinski definition) is 3. The molecule has 0 aliphatic carbocycles. The average Bonchev–Trinajstić information content (AvgIpc) is 2.28. The summed E-state index contributed by atoms with van der Waals surface area (Å²) in [6.45, 7) is 5.62. The predicted octanol–water partition coefficient (Wildman–Crippen LogP) is 1.03. The second-order valence-corrected chi connectivity index (χ2v) is 5.15. The first-order valence-electron chi connectivity index (χ1n) is 5.92. The molecule has 1 N–H and O–H groups in total. The minimum atomic E-state index is -0.384. The Labute approximate surface area is 97.6 Å². The van der Waals surface area contributed by atoms with Crippen LogP contribution in [-0.2, 0) is 9.53 Å². The first-order chi connectivity index (χ1) is 7.48. The van der Waals surface area contributed by atoms with Crippen molar-refractivity contribution in [3.8, 4) is 0 Å². The molecule has 94 valence electrons. The maximum absolute atomic E-state index is 12.0. The number of likely N-dealkylation sites (tertiary alicyclic amines) is 1. The number of nitrogens with zero attached hydrogens (tertiary/aromatic N) is 1. The molecular formula is C12H23NO3. The lowest BCUT2D eigenvalue weighted by atomic mass is 9.96. The Balaban J connectivity index is 2.39. The number of hydrogen-bond donors (Lipinski definition) is 1. The molecule has 1 saturated heterocycles. The lowest BCUT2D eigenvalue weighted by Crippen LogP contribution is -2.42. The number of carbonyl (C=O) groups is 1. The van der Waals surface area contributed by atoms with Gasteiger partial charge in [0.05, 0.1) is 12.0 Å². The van der Waals surface area contributed by atoms with Gasteiger partial charge in [-0.05, 0) is 32.6 Å². The van der Waals surface area contributed by atoms with Gasteiger partial charge in [0, 0.05) is 26.8 Å². The standard InChI is InChI=1S/C12H23NO3/c1-12(2,16-3)8-11(15)13-6-4-10(9-14)5-7-13/h10,14H,4-9H2,1-3H3. The Bertz CT molecular complexity index is 232. The second-order valence-electron chi connectivity index (χ2n) is 5.15. The largest absolute Gasteiger partial charge is 0.396 e. The Morgan fingerprint density at radius 1 is 1.44 bits per heavy atom. The fourth-order valence-electron chi connectivity index (χ4n) is 1.91. The Hall–Kier alpha value is -0.610. The van der Waals surface area contributed by atoms with Gasteiger partial charge >= 0.3 is 0 Å². The second kappa shape index (κ2) is 5.64. The van der Waals surface area contributed by atoms with Crippen LogP contribution in [0.3, 0.4) is 0 Å². The highest BCUT2D eigenvalue weighted by Crippen LogP contribution is 2.20. The van der Waals surface area contributed by atoms with Crippen LogP contribution in [0.15, 0.2) is 0 Å². The summed E-state index contributed by atoms with van der Waals surface area (Å²) in [6.07, 6.45) is 2.25. The Kier molecular flexibility index (Phi) is 4.74. The zero-order valence-electron chi connectivity index (χ0n) is 10.5. The van der Waals surface area contributed by atoms with E-state index in [4.69, 9.17) is 9.84 Å². The van der Waals surface area contributed by atoms with Crippen LogP contribution in [0.5, 0.6) is 0 Å². The average molecular weight is 229 g/mol. The van der Waals surface area contributed by atoms with Gasteiger partial charge in [0.25, 0.3) is 0 Å². The van der Waals surface area contributed by atoms with Crippen LogP contribution in [0.25, 0.3) is 0 Å². The van der Waals surface area contributed by atoms with Crippen molar-refractivity contribution in [2.45, 2.75) is 38.7 Å². The van der Waals surface area contributed by atoms with Crippen LogP contribution in [-0.4, -0.2) is 48.3 Å². The van der Waals surface area contributed by atoms with Gasteiger partial charge in [0.2, 0.25) is 5.91 Å². The number of aliphatic hydroxyl groups is 1. The zero-order valence-corrected chi connectivity index (χ0v) is 10.5. The molecule has 0 saturated carbocycles. The highest BCUT2D eigenvalue weighted by molar-refractivity contribution is 5.77. The highest BCUT2D eigenvalue weighted by atomic mass is 16.5. The van der Waals surface area contributed by atoms with E-state index in [0.29, 0.717) is 12.3 Å². The summed E-state index contributed by atoms with van der Waals surface area (Å²) in [4.78, 5) is 13.8. The summed E-state index contributed by atoms with van der Waals surface area (Å²) in [5.41, 5.74) is -0.384.